The summed E-state index contributed by atoms with van der Waals surface area (Å²) in [6.07, 6.45) is 2.35. The molecular formula is C13H24N6O. The van der Waals surface area contributed by atoms with E-state index in [0.29, 0.717) is 31.1 Å². The lowest BCUT2D eigenvalue weighted by Crippen LogP contribution is -2.26. The van der Waals surface area contributed by atoms with Crippen LogP contribution in [0.1, 0.15) is 33.1 Å². The van der Waals surface area contributed by atoms with E-state index in [-0.39, 0.29) is 11.9 Å². The highest BCUT2D eigenvalue weighted by Gasteiger charge is 2.03. The lowest BCUT2D eigenvalue weighted by molar-refractivity contribution is -0.120. The molecule has 0 bridgehead atoms. The lowest BCUT2D eigenvalue weighted by Gasteiger charge is -2.09. The molecule has 7 heteroatoms. The van der Waals surface area contributed by atoms with Gasteiger partial charge in [0.15, 0.2) is 0 Å². The number of nitrogens with one attached hydrogen (secondary N) is 3. The molecule has 0 aliphatic rings. The minimum atomic E-state index is 0.0331. The number of anilines is 3. The smallest absolute Gasteiger partial charge is 0.223 e. The van der Waals surface area contributed by atoms with Crippen molar-refractivity contribution in [3.63, 3.8) is 0 Å². The third-order valence-corrected chi connectivity index (χ3v) is 2.53. The highest BCUT2D eigenvalue weighted by Crippen LogP contribution is 2.12. The second kappa shape index (κ2) is 8.95. The fraction of sp³-hybridized carbons (Fsp3) is 0.615. The maximum Gasteiger partial charge on any atom is 0.223 e. The minimum absolute atomic E-state index is 0.0331. The summed E-state index contributed by atoms with van der Waals surface area (Å²) in [7, 11) is 0. The van der Waals surface area contributed by atoms with Crippen LogP contribution in [-0.2, 0) is 4.79 Å². The van der Waals surface area contributed by atoms with Crippen LogP contribution < -0.4 is 21.7 Å². The summed E-state index contributed by atoms with van der Waals surface area (Å²) < 4.78 is 0. The van der Waals surface area contributed by atoms with Gasteiger partial charge in [-0.2, -0.15) is 9.97 Å². The van der Waals surface area contributed by atoms with Crippen molar-refractivity contribution in [1.82, 2.24) is 15.3 Å². The maximum atomic E-state index is 11.4. The van der Waals surface area contributed by atoms with Crippen molar-refractivity contribution in [3.8, 4) is 0 Å². The van der Waals surface area contributed by atoms with Gasteiger partial charge in [-0.3, -0.25) is 4.79 Å². The molecule has 0 aliphatic carbocycles. The van der Waals surface area contributed by atoms with Crippen LogP contribution in [0, 0.1) is 0 Å². The van der Waals surface area contributed by atoms with E-state index < -0.39 is 0 Å². The average molecular weight is 280 g/mol. The van der Waals surface area contributed by atoms with Gasteiger partial charge in [0.1, 0.15) is 11.6 Å². The molecule has 0 aliphatic heterocycles. The molecule has 1 aromatic rings. The number of rotatable bonds is 9. The van der Waals surface area contributed by atoms with Crippen molar-refractivity contribution in [2.75, 3.05) is 36.0 Å². The largest absolute Gasteiger partial charge is 0.370 e. The van der Waals surface area contributed by atoms with Gasteiger partial charge >= 0.3 is 0 Å². The molecule has 0 saturated carbocycles. The number of nitrogens with zero attached hydrogens (tertiary/aromatic N) is 2. The van der Waals surface area contributed by atoms with E-state index in [1.165, 1.54) is 0 Å². The van der Waals surface area contributed by atoms with Gasteiger partial charge in [0.05, 0.1) is 0 Å². The summed E-state index contributed by atoms with van der Waals surface area (Å²) in [5.74, 6) is 1.56. The Morgan fingerprint density at radius 2 is 1.70 bits per heavy atom. The third kappa shape index (κ3) is 6.21. The molecule has 112 valence electrons. The Morgan fingerprint density at radius 3 is 2.30 bits per heavy atom. The number of amides is 1. The van der Waals surface area contributed by atoms with Gasteiger partial charge in [0, 0.05) is 32.1 Å². The highest BCUT2D eigenvalue weighted by atomic mass is 16.1. The predicted molar refractivity (Wildman–Crippen MR) is 81.6 cm³/mol. The first-order chi connectivity index (χ1) is 9.65. The summed E-state index contributed by atoms with van der Waals surface area (Å²) >= 11 is 0. The Hall–Kier alpha value is -2.05. The number of nitrogens with two attached hydrogens (primary N) is 1. The van der Waals surface area contributed by atoms with E-state index in [1.54, 1.807) is 6.07 Å². The van der Waals surface area contributed by atoms with Gasteiger partial charge in [0.2, 0.25) is 11.9 Å². The molecule has 1 heterocycles. The zero-order chi connectivity index (χ0) is 14.8. The molecule has 0 saturated heterocycles. The Bertz CT molecular complexity index is 423. The van der Waals surface area contributed by atoms with Crippen LogP contribution in [0.2, 0.25) is 0 Å². The molecule has 0 atom stereocenters. The van der Waals surface area contributed by atoms with Crippen LogP contribution in [0.5, 0.6) is 0 Å². The number of carbonyl (C=O) groups excluding carboxylic acids is 1. The molecule has 1 rings (SSSR count). The van der Waals surface area contributed by atoms with Gasteiger partial charge in [-0.05, 0) is 12.8 Å². The van der Waals surface area contributed by atoms with Gasteiger partial charge in [-0.25, -0.2) is 0 Å². The molecule has 7 nitrogen and oxygen atoms in total. The molecule has 0 aromatic carbocycles. The molecule has 0 unspecified atom stereocenters. The number of carbonyl (C=O) groups is 1. The van der Waals surface area contributed by atoms with Gasteiger partial charge in [0.25, 0.3) is 0 Å². The number of nitrogen functional groups attached to an aromatic ring is 1. The van der Waals surface area contributed by atoms with Gasteiger partial charge in [-0.15, -0.1) is 0 Å². The Kier molecular flexibility index (Phi) is 7.16. The number of aromatic nitrogens is 2. The lowest BCUT2D eigenvalue weighted by atomic mass is 10.3. The quantitative estimate of drug-likeness (QED) is 0.542. The monoisotopic (exact) mass is 280 g/mol. The third-order valence-electron chi connectivity index (χ3n) is 2.53. The van der Waals surface area contributed by atoms with Crippen molar-refractivity contribution in [1.29, 1.82) is 0 Å². The first kappa shape index (κ1) is 16.0. The van der Waals surface area contributed by atoms with Crippen molar-refractivity contribution in [2.45, 2.75) is 33.1 Å². The molecular weight excluding hydrogens is 256 g/mol. The predicted octanol–water partition coefficient (Wildman–Crippen LogP) is 1.21. The van der Waals surface area contributed by atoms with E-state index >= 15 is 0 Å². The van der Waals surface area contributed by atoms with E-state index in [9.17, 15) is 4.79 Å². The molecule has 20 heavy (non-hydrogen) atoms. The fourth-order valence-corrected chi connectivity index (χ4v) is 1.56. The second-order valence-electron chi connectivity index (χ2n) is 4.45. The summed E-state index contributed by atoms with van der Waals surface area (Å²) in [6, 6.07) is 1.79. The van der Waals surface area contributed by atoms with E-state index in [4.69, 9.17) is 5.73 Å². The molecule has 0 fully saturated rings. The van der Waals surface area contributed by atoms with Crippen LogP contribution in [0.3, 0.4) is 0 Å². The summed E-state index contributed by atoms with van der Waals surface area (Å²) in [4.78, 5) is 19.6. The zero-order valence-corrected chi connectivity index (χ0v) is 12.2. The Labute approximate surface area is 119 Å². The average Bonchev–Trinajstić information content (AvgIpc) is 2.42. The fourth-order valence-electron chi connectivity index (χ4n) is 1.56. The second-order valence-corrected chi connectivity index (χ2v) is 4.45. The van der Waals surface area contributed by atoms with Crippen LogP contribution in [0.15, 0.2) is 6.07 Å². The van der Waals surface area contributed by atoms with Crippen LogP contribution >= 0.6 is 0 Å². The Morgan fingerprint density at radius 1 is 1.10 bits per heavy atom. The summed E-state index contributed by atoms with van der Waals surface area (Å²) in [5, 5.41) is 9.05. The summed E-state index contributed by atoms with van der Waals surface area (Å²) in [6.45, 7) is 6.15. The minimum Gasteiger partial charge on any atom is -0.370 e. The topological polar surface area (TPSA) is 105 Å². The number of hydrogen-bond acceptors (Lipinski definition) is 6. The van der Waals surface area contributed by atoms with Crippen LogP contribution in [-0.4, -0.2) is 35.5 Å². The van der Waals surface area contributed by atoms with Crippen LogP contribution in [0.25, 0.3) is 0 Å². The molecule has 0 radical (unpaired) electrons. The standard InChI is InChI=1S/C13H24N6O/c1-3-6-15-10-9-11(19-13(14)18-10)16-8-5-12(20)17-7-4-2/h9H,3-8H2,1-2H3,(H,17,20)(H4,14,15,16,18,19). The molecule has 5 N–H and O–H groups in total. The van der Waals surface area contributed by atoms with Crippen molar-refractivity contribution >= 4 is 23.5 Å². The zero-order valence-electron chi connectivity index (χ0n) is 12.2. The van der Waals surface area contributed by atoms with E-state index in [2.05, 4.69) is 32.8 Å². The van der Waals surface area contributed by atoms with Gasteiger partial charge in [-0.1, -0.05) is 13.8 Å². The summed E-state index contributed by atoms with van der Waals surface area (Å²) in [5.41, 5.74) is 5.65. The van der Waals surface area contributed by atoms with Gasteiger partial charge < -0.3 is 21.7 Å². The van der Waals surface area contributed by atoms with E-state index in [0.717, 1.165) is 19.4 Å². The first-order valence-corrected chi connectivity index (χ1v) is 7.04. The number of hydrogen-bond donors (Lipinski definition) is 4. The normalized spacial score (nSPS) is 10.1. The molecule has 1 amide bonds. The first-order valence-electron chi connectivity index (χ1n) is 7.04. The molecule has 0 spiro atoms. The van der Waals surface area contributed by atoms with E-state index in [1.807, 2.05) is 6.92 Å². The van der Waals surface area contributed by atoms with Crippen molar-refractivity contribution in [2.24, 2.45) is 0 Å². The maximum absolute atomic E-state index is 11.4. The van der Waals surface area contributed by atoms with Crippen molar-refractivity contribution in [3.05, 3.63) is 6.07 Å². The highest BCUT2D eigenvalue weighted by molar-refractivity contribution is 5.76. The van der Waals surface area contributed by atoms with Crippen molar-refractivity contribution < 1.29 is 4.79 Å². The molecule has 1 aromatic heterocycles. The SMILES string of the molecule is CCCNC(=O)CCNc1cc(NCCC)nc(N)n1. The Balaban J connectivity index is 2.42. The van der Waals surface area contributed by atoms with Crippen LogP contribution in [0.4, 0.5) is 17.6 Å².